The number of ether oxygens (including phenoxy) is 1. The molecule has 0 aliphatic rings. The summed E-state index contributed by atoms with van der Waals surface area (Å²) in [4.78, 5) is 11.8. The zero-order valence-electron chi connectivity index (χ0n) is 15.8. The molecule has 3 aromatic carbocycles. The van der Waals surface area contributed by atoms with Crippen molar-refractivity contribution in [3.05, 3.63) is 102 Å². The van der Waals surface area contributed by atoms with Crippen molar-refractivity contribution in [3.63, 3.8) is 0 Å². The lowest BCUT2D eigenvalue weighted by Gasteiger charge is -2.23. The fourth-order valence-corrected chi connectivity index (χ4v) is 3.26. The second kappa shape index (κ2) is 9.04. The average Bonchev–Trinajstić information content (AvgIpc) is 2.73. The third kappa shape index (κ3) is 4.76. The smallest absolute Gasteiger partial charge is 0.308 e. The Morgan fingerprint density at radius 2 is 1.37 bits per heavy atom. The van der Waals surface area contributed by atoms with Crippen LogP contribution in [0.25, 0.3) is 0 Å². The highest BCUT2D eigenvalue weighted by atomic mass is 16.5. The fourth-order valence-electron chi connectivity index (χ4n) is 3.26. The average molecular weight is 359 g/mol. The summed E-state index contributed by atoms with van der Waals surface area (Å²) in [7, 11) is 1.43. The van der Waals surface area contributed by atoms with Gasteiger partial charge in [0, 0.05) is 5.69 Å². The van der Waals surface area contributed by atoms with E-state index in [1.807, 2.05) is 31.2 Å². The van der Waals surface area contributed by atoms with Crippen molar-refractivity contribution >= 4 is 11.7 Å². The Kier molecular flexibility index (Phi) is 6.26. The van der Waals surface area contributed by atoms with Gasteiger partial charge in [0.15, 0.2) is 0 Å². The van der Waals surface area contributed by atoms with Crippen LogP contribution in [0.1, 0.15) is 29.7 Å². The monoisotopic (exact) mass is 359 g/mol. The first kappa shape index (κ1) is 18.7. The van der Waals surface area contributed by atoms with Gasteiger partial charge in [-0.05, 0) is 29.2 Å². The van der Waals surface area contributed by atoms with Gasteiger partial charge in [-0.3, -0.25) is 4.79 Å². The van der Waals surface area contributed by atoms with Gasteiger partial charge in [-0.25, -0.2) is 0 Å². The lowest BCUT2D eigenvalue weighted by atomic mass is 9.96. The summed E-state index contributed by atoms with van der Waals surface area (Å²) in [6, 6.07) is 29.0. The highest BCUT2D eigenvalue weighted by molar-refractivity contribution is 5.72. The molecule has 0 aromatic heterocycles. The van der Waals surface area contributed by atoms with Crippen LogP contribution in [0.5, 0.6) is 0 Å². The number of hydrogen-bond donors (Lipinski definition) is 1. The van der Waals surface area contributed by atoms with Gasteiger partial charge < -0.3 is 10.1 Å². The number of para-hydroxylation sites is 1. The molecule has 138 valence electrons. The van der Waals surface area contributed by atoms with Crippen molar-refractivity contribution in [2.75, 3.05) is 12.4 Å². The van der Waals surface area contributed by atoms with Gasteiger partial charge in [0.05, 0.1) is 19.1 Å². The summed E-state index contributed by atoms with van der Waals surface area (Å²) in [5.74, 6) is -0.377. The molecule has 0 fully saturated rings. The zero-order valence-corrected chi connectivity index (χ0v) is 15.8. The highest BCUT2D eigenvalue weighted by Crippen LogP contribution is 2.29. The van der Waals surface area contributed by atoms with Crippen LogP contribution in [-0.4, -0.2) is 13.1 Å². The van der Waals surface area contributed by atoms with E-state index in [1.165, 1.54) is 18.2 Å². The van der Waals surface area contributed by atoms with E-state index in [4.69, 9.17) is 4.74 Å². The molecule has 0 aliphatic carbocycles. The highest BCUT2D eigenvalue weighted by Gasteiger charge is 2.18. The number of carbonyl (C=O) groups excluding carboxylic acids is 1. The summed E-state index contributed by atoms with van der Waals surface area (Å²) >= 11 is 0. The summed E-state index contributed by atoms with van der Waals surface area (Å²) in [6.45, 7) is 1.90. The normalized spacial score (nSPS) is 11.8. The number of hydrogen-bond acceptors (Lipinski definition) is 3. The van der Waals surface area contributed by atoms with Crippen LogP contribution in [0.4, 0.5) is 5.69 Å². The third-order valence-electron chi connectivity index (χ3n) is 4.71. The van der Waals surface area contributed by atoms with E-state index in [2.05, 4.69) is 66.0 Å². The summed E-state index contributed by atoms with van der Waals surface area (Å²) in [5.41, 5.74) is 4.53. The first-order valence-electron chi connectivity index (χ1n) is 9.21. The lowest BCUT2D eigenvalue weighted by Crippen LogP contribution is -2.17. The molecule has 3 rings (SSSR count). The maximum atomic E-state index is 11.8. The number of rotatable bonds is 7. The molecule has 27 heavy (non-hydrogen) atoms. The second-order valence-electron chi connectivity index (χ2n) is 6.68. The standard InChI is InChI=1S/C24H25NO2/c1-18(24(26)27-2)17-21-15-9-10-16-22(21)25-23(19-11-5-3-6-12-19)20-13-7-4-8-14-20/h3-16,18,23,25H,17H2,1-2H3. The van der Waals surface area contributed by atoms with Gasteiger partial charge in [-0.2, -0.15) is 0 Å². The Morgan fingerprint density at radius 3 is 1.93 bits per heavy atom. The maximum Gasteiger partial charge on any atom is 0.308 e. The molecule has 0 amide bonds. The van der Waals surface area contributed by atoms with Gasteiger partial charge in [0.2, 0.25) is 0 Å². The molecular weight excluding hydrogens is 334 g/mol. The topological polar surface area (TPSA) is 38.3 Å². The minimum atomic E-state index is -0.190. The third-order valence-corrected chi connectivity index (χ3v) is 4.71. The van der Waals surface area contributed by atoms with Crippen LogP contribution in [-0.2, 0) is 16.0 Å². The molecule has 1 N–H and O–H groups in total. The van der Waals surface area contributed by atoms with Gasteiger partial charge in [0.25, 0.3) is 0 Å². The molecule has 3 aromatic rings. The number of carbonyl (C=O) groups is 1. The quantitative estimate of drug-likeness (QED) is 0.586. The first-order valence-corrected chi connectivity index (χ1v) is 9.21. The molecule has 0 radical (unpaired) electrons. The maximum absolute atomic E-state index is 11.8. The van der Waals surface area contributed by atoms with Crippen molar-refractivity contribution in [1.29, 1.82) is 0 Å². The molecule has 3 nitrogen and oxygen atoms in total. The van der Waals surface area contributed by atoms with Gasteiger partial charge >= 0.3 is 5.97 Å². The summed E-state index contributed by atoms with van der Waals surface area (Å²) in [6.07, 6.45) is 0.631. The van der Waals surface area contributed by atoms with Crippen LogP contribution in [0.15, 0.2) is 84.9 Å². The lowest BCUT2D eigenvalue weighted by molar-refractivity contribution is -0.144. The number of methoxy groups -OCH3 is 1. The molecule has 0 aliphatic heterocycles. The SMILES string of the molecule is COC(=O)C(C)Cc1ccccc1NC(c1ccccc1)c1ccccc1. The predicted molar refractivity (Wildman–Crippen MR) is 110 cm³/mol. The molecule has 0 spiro atoms. The minimum absolute atomic E-state index is 0.0296. The van der Waals surface area contributed by atoms with E-state index in [1.54, 1.807) is 0 Å². The van der Waals surface area contributed by atoms with Gasteiger partial charge in [-0.15, -0.1) is 0 Å². The Bertz CT molecular complexity index is 822. The van der Waals surface area contributed by atoms with E-state index in [0.29, 0.717) is 6.42 Å². The number of nitrogens with one attached hydrogen (secondary N) is 1. The molecule has 0 bridgehead atoms. The van der Waals surface area contributed by atoms with Gasteiger partial charge in [0.1, 0.15) is 0 Å². The van der Waals surface area contributed by atoms with Crippen molar-refractivity contribution in [1.82, 2.24) is 0 Å². The van der Waals surface area contributed by atoms with Crippen LogP contribution in [0.3, 0.4) is 0 Å². The van der Waals surface area contributed by atoms with E-state index in [9.17, 15) is 4.79 Å². The van der Waals surface area contributed by atoms with E-state index in [0.717, 1.165) is 11.3 Å². The van der Waals surface area contributed by atoms with E-state index in [-0.39, 0.29) is 17.9 Å². The molecule has 0 heterocycles. The van der Waals surface area contributed by atoms with Crippen LogP contribution in [0, 0.1) is 5.92 Å². The van der Waals surface area contributed by atoms with Crippen LogP contribution in [0.2, 0.25) is 0 Å². The number of benzene rings is 3. The van der Waals surface area contributed by atoms with Gasteiger partial charge in [-0.1, -0.05) is 85.8 Å². The molecule has 3 heteroatoms. The minimum Gasteiger partial charge on any atom is -0.469 e. The summed E-state index contributed by atoms with van der Waals surface area (Å²) in [5, 5.41) is 3.69. The first-order chi connectivity index (χ1) is 13.2. The van der Waals surface area contributed by atoms with Crippen molar-refractivity contribution < 1.29 is 9.53 Å². The molecule has 1 unspecified atom stereocenters. The second-order valence-corrected chi connectivity index (χ2v) is 6.68. The number of anilines is 1. The molecule has 0 saturated heterocycles. The van der Waals surface area contributed by atoms with E-state index >= 15 is 0 Å². The molecular formula is C24H25NO2. The van der Waals surface area contributed by atoms with Crippen LogP contribution >= 0.6 is 0 Å². The molecule has 1 atom stereocenters. The Labute approximate surface area is 161 Å². The fraction of sp³-hybridized carbons (Fsp3) is 0.208. The predicted octanol–water partition coefficient (Wildman–Crippen LogP) is 5.24. The number of esters is 1. The largest absolute Gasteiger partial charge is 0.469 e. The van der Waals surface area contributed by atoms with Crippen LogP contribution < -0.4 is 5.32 Å². The summed E-state index contributed by atoms with van der Waals surface area (Å²) < 4.78 is 4.88. The Balaban J connectivity index is 1.92. The molecule has 0 saturated carbocycles. The Morgan fingerprint density at radius 1 is 0.852 bits per heavy atom. The van der Waals surface area contributed by atoms with Crippen molar-refractivity contribution in [2.45, 2.75) is 19.4 Å². The van der Waals surface area contributed by atoms with Crippen molar-refractivity contribution in [3.8, 4) is 0 Å². The zero-order chi connectivity index (χ0) is 19.1. The Hall–Kier alpha value is -3.07. The van der Waals surface area contributed by atoms with Crippen molar-refractivity contribution in [2.24, 2.45) is 5.92 Å². The van der Waals surface area contributed by atoms with E-state index < -0.39 is 0 Å².